The predicted molar refractivity (Wildman–Crippen MR) is 72.0 cm³/mol. The van der Waals surface area contributed by atoms with E-state index in [-0.39, 0.29) is 5.75 Å². The molecule has 1 aromatic carbocycles. The first-order chi connectivity index (χ1) is 9.85. The number of aliphatic hydroxyl groups is 4. The zero-order valence-corrected chi connectivity index (χ0v) is 11.8. The molecule has 0 radical (unpaired) electrons. The summed E-state index contributed by atoms with van der Waals surface area (Å²) in [4.78, 5) is 0. The van der Waals surface area contributed by atoms with E-state index in [2.05, 4.69) is 0 Å². The van der Waals surface area contributed by atoms with Crippen LogP contribution in [0.25, 0.3) is 0 Å². The van der Waals surface area contributed by atoms with Crippen LogP contribution in [-0.4, -0.2) is 62.8 Å². The monoisotopic (exact) mass is 300 g/mol. The van der Waals surface area contributed by atoms with Crippen molar-refractivity contribution < 1.29 is 35.0 Å². The van der Waals surface area contributed by atoms with Gasteiger partial charge in [0, 0.05) is 0 Å². The number of hydrogen-bond acceptors (Lipinski definition) is 7. The molecule has 1 saturated heterocycles. The third kappa shape index (κ3) is 3.12. The molecule has 2 rings (SSSR count). The average molecular weight is 300 g/mol. The van der Waals surface area contributed by atoms with Crippen LogP contribution < -0.4 is 4.74 Å². The number of hydrogen-bond donors (Lipinski definition) is 5. The van der Waals surface area contributed by atoms with Crippen LogP contribution in [0.3, 0.4) is 0 Å². The van der Waals surface area contributed by atoms with Crippen LogP contribution in [0.5, 0.6) is 11.5 Å². The van der Waals surface area contributed by atoms with Crippen molar-refractivity contribution in [1.29, 1.82) is 0 Å². The molecule has 7 heteroatoms. The van der Waals surface area contributed by atoms with Gasteiger partial charge in [0.1, 0.15) is 35.9 Å². The van der Waals surface area contributed by atoms with Crippen molar-refractivity contribution in [3.8, 4) is 11.5 Å². The van der Waals surface area contributed by atoms with E-state index < -0.39 is 37.3 Å². The second-order valence-corrected chi connectivity index (χ2v) is 5.22. The lowest BCUT2D eigenvalue weighted by Gasteiger charge is -2.39. The van der Waals surface area contributed by atoms with Crippen LogP contribution in [-0.2, 0) is 4.74 Å². The molecular weight excluding hydrogens is 280 g/mol. The Balaban J connectivity index is 2.18. The molecule has 0 aromatic heterocycles. The summed E-state index contributed by atoms with van der Waals surface area (Å²) in [5, 5.41) is 48.1. The fourth-order valence-electron chi connectivity index (χ4n) is 2.28. The van der Waals surface area contributed by atoms with E-state index in [9.17, 15) is 20.4 Å². The Bertz CT molecular complexity index is 479. The van der Waals surface area contributed by atoms with Crippen LogP contribution in [0.15, 0.2) is 12.1 Å². The SMILES string of the molecule is Cc1cc(OC2OC(CO)C(O)C(O)C2O)cc(C)c1O. The molecule has 0 saturated carbocycles. The second-order valence-electron chi connectivity index (χ2n) is 5.22. The largest absolute Gasteiger partial charge is 0.507 e. The zero-order chi connectivity index (χ0) is 15.7. The summed E-state index contributed by atoms with van der Waals surface area (Å²) in [5.41, 5.74) is 1.18. The molecule has 0 amide bonds. The summed E-state index contributed by atoms with van der Waals surface area (Å²) < 4.78 is 10.7. The third-order valence-electron chi connectivity index (χ3n) is 3.57. The molecule has 5 atom stereocenters. The highest BCUT2D eigenvalue weighted by Gasteiger charge is 2.44. The highest BCUT2D eigenvalue weighted by Crippen LogP contribution is 2.30. The number of ether oxygens (including phenoxy) is 2. The third-order valence-corrected chi connectivity index (χ3v) is 3.57. The molecular formula is C14H20O7. The van der Waals surface area contributed by atoms with Gasteiger partial charge in [-0.15, -0.1) is 0 Å². The molecule has 21 heavy (non-hydrogen) atoms. The van der Waals surface area contributed by atoms with Crippen molar-refractivity contribution in [2.45, 2.75) is 44.6 Å². The lowest BCUT2D eigenvalue weighted by atomic mass is 9.99. The summed E-state index contributed by atoms with van der Waals surface area (Å²) in [6.45, 7) is 2.88. The van der Waals surface area contributed by atoms with Gasteiger partial charge in [-0.05, 0) is 37.1 Å². The number of phenols is 1. The van der Waals surface area contributed by atoms with E-state index in [4.69, 9.17) is 14.6 Å². The summed E-state index contributed by atoms with van der Waals surface area (Å²) in [6.07, 6.45) is -6.62. The van der Waals surface area contributed by atoms with Crippen LogP contribution in [0.2, 0.25) is 0 Å². The van der Waals surface area contributed by atoms with Gasteiger partial charge < -0.3 is 35.0 Å². The topological polar surface area (TPSA) is 120 Å². The molecule has 118 valence electrons. The number of aliphatic hydroxyl groups excluding tert-OH is 4. The molecule has 0 aliphatic carbocycles. The average Bonchev–Trinajstić information content (AvgIpc) is 2.45. The molecule has 0 spiro atoms. The van der Waals surface area contributed by atoms with Crippen LogP contribution >= 0.6 is 0 Å². The van der Waals surface area contributed by atoms with E-state index in [0.717, 1.165) is 0 Å². The Labute approximate surface area is 122 Å². The summed E-state index contributed by atoms with van der Waals surface area (Å²) in [7, 11) is 0. The maximum atomic E-state index is 9.88. The van der Waals surface area contributed by atoms with Gasteiger partial charge in [0.15, 0.2) is 0 Å². The first kappa shape index (κ1) is 16.0. The standard InChI is InChI=1S/C14H20O7/c1-6-3-8(4-7(2)10(6)16)20-14-13(19)12(18)11(17)9(5-15)21-14/h3-4,9,11-19H,5H2,1-2H3. The zero-order valence-electron chi connectivity index (χ0n) is 11.8. The highest BCUT2D eigenvalue weighted by atomic mass is 16.7. The van der Waals surface area contributed by atoms with Gasteiger partial charge in [0.2, 0.25) is 6.29 Å². The normalized spacial score (nSPS) is 33.0. The van der Waals surface area contributed by atoms with Gasteiger partial charge >= 0.3 is 0 Å². The van der Waals surface area contributed by atoms with Gasteiger partial charge in [-0.25, -0.2) is 0 Å². The van der Waals surface area contributed by atoms with E-state index in [1.165, 1.54) is 0 Å². The molecule has 1 fully saturated rings. The van der Waals surface area contributed by atoms with Crippen molar-refractivity contribution in [3.05, 3.63) is 23.3 Å². The van der Waals surface area contributed by atoms with Crippen LogP contribution in [0, 0.1) is 13.8 Å². The van der Waals surface area contributed by atoms with Gasteiger partial charge in [0.05, 0.1) is 6.61 Å². The van der Waals surface area contributed by atoms with Gasteiger partial charge in [-0.1, -0.05) is 0 Å². The first-order valence-corrected chi connectivity index (χ1v) is 6.62. The molecule has 1 aliphatic heterocycles. The number of aryl methyl sites for hydroxylation is 2. The highest BCUT2D eigenvalue weighted by molar-refractivity contribution is 5.44. The Morgan fingerprint density at radius 1 is 1.05 bits per heavy atom. The minimum absolute atomic E-state index is 0.149. The Kier molecular flexibility index (Phi) is 4.70. The van der Waals surface area contributed by atoms with Crippen molar-refractivity contribution >= 4 is 0 Å². The Morgan fingerprint density at radius 3 is 2.14 bits per heavy atom. The van der Waals surface area contributed by atoms with E-state index in [0.29, 0.717) is 16.9 Å². The van der Waals surface area contributed by atoms with Crippen molar-refractivity contribution in [3.63, 3.8) is 0 Å². The number of rotatable bonds is 3. The maximum absolute atomic E-state index is 9.88. The van der Waals surface area contributed by atoms with Gasteiger partial charge in [0.25, 0.3) is 0 Å². The molecule has 5 N–H and O–H groups in total. The minimum Gasteiger partial charge on any atom is -0.507 e. The van der Waals surface area contributed by atoms with Gasteiger partial charge in [-0.3, -0.25) is 0 Å². The fourth-order valence-corrected chi connectivity index (χ4v) is 2.28. The second kappa shape index (κ2) is 6.17. The minimum atomic E-state index is -1.49. The quantitative estimate of drug-likeness (QED) is 0.495. The Hall–Kier alpha value is -1.38. The van der Waals surface area contributed by atoms with Crippen molar-refractivity contribution in [1.82, 2.24) is 0 Å². The number of phenolic OH excluding ortho intramolecular Hbond substituents is 1. The number of aromatic hydroxyl groups is 1. The summed E-state index contributed by atoms with van der Waals surface area (Å²) in [6, 6.07) is 3.12. The van der Waals surface area contributed by atoms with E-state index in [1.54, 1.807) is 26.0 Å². The summed E-state index contributed by atoms with van der Waals surface area (Å²) >= 11 is 0. The van der Waals surface area contributed by atoms with E-state index in [1.807, 2.05) is 0 Å². The van der Waals surface area contributed by atoms with Crippen LogP contribution in [0.1, 0.15) is 11.1 Å². The summed E-state index contributed by atoms with van der Waals surface area (Å²) in [5.74, 6) is 0.489. The van der Waals surface area contributed by atoms with Gasteiger partial charge in [-0.2, -0.15) is 0 Å². The number of benzene rings is 1. The van der Waals surface area contributed by atoms with E-state index >= 15 is 0 Å². The Morgan fingerprint density at radius 2 is 1.62 bits per heavy atom. The lowest BCUT2D eigenvalue weighted by molar-refractivity contribution is -0.277. The molecule has 1 heterocycles. The molecule has 7 nitrogen and oxygen atoms in total. The molecule has 1 aliphatic rings. The maximum Gasteiger partial charge on any atom is 0.229 e. The molecule has 5 unspecified atom stereocenters. The van der Waals surface area contributed by atoms with Crippen molar-refractivity contribution in [2.75, 3.05) is 6.61 Å². The lowest BCUT2D eigenvalue weighted by Crippen LogP contribution is -2.60. The molecule has 1 aromatic rings. The smallest absolute Gasteiger partial charge is 0.229 e. The fraction of sp³-hybridized carbons (Fsp3) is 0.571. The first-order valence-electron chi connectivity index (χ1n) is 6.62. The predicted octanol–water partition coefficient (Wildman–Crippen LogP) is -0.812. The van der Waals surface area contributed by atoms with Crippen LogP contribution in [0.4, 0.5) is 0 Å². The van der Waals surface area contributed by atoms with Crippen molar-refractivity contribution in [2.24, 2.45) is 0 Å². The molecule has 0 bridgehead atoms.